The first-order chi connectivity index (χ1) is 9.08. The van der Waals surface area contributed by atoms with Gasteiger partial charge in [0.15, 0.2) is 11.0 Å². The normalized spacial score (nSPS) is 11.9. The molecule has 0 unspecified atom stereocenters. The minimum absolute atomic E-state index is 0.675. The van der Waals surface area contributed by atoms with E-state index in [1.165, 1.54) is 16.8 Å². The third kappa shape index (κ3) is 3.75. The number of imidazole rings is 1. The predicted octanol–water partition coefficient (Wildman–Crippen LogP) is 3.73. The second-order valence-electron chi connectivity index (χ2n) is 5.76. The van der Waals surface area contributed by atoms with Crippen LogP contribution in [0.4, 0.5) is 0 Å². The van der Waals surface area contributed by atoms with E-state index in [1.807, 2.05) is 11.8 Å². The van der Waals surface area contributed by atoms with Crippen LogP contribution >= 0.6 is 11.8 Å². The maximum Gasteiger partial charge on any atom is 0.244 e. The second kappa shape index (κ2) is 6.47. The molecule has 0 saturated carbocycles. The Bertz CT molecular complexity index is 529. The summed E-state index contributed by atoms with van der Waals surface area (Å²) >= 11 is 2.03. The van der Waals surface area contributed by atoms with E-state index in [-0.39, 0.29) is 0 Å². The molecule has 0 aliphatic rings. The summed E-state index contributed by atoms with van der Waals surface area (Å²) in [5.74, 6) is 1.85. The fourth-order valence-electron chi connectivity index (χ4n) is 2.35. The lowest BCUT2D eigenvalue weighted by molar-refractivity contribution is -0.677. The number of benzene rings is 1. The van der Waals surface area contributed by atoms with Gasteiger partial charge in [0, 0.05) is 5.75 Å². The molecule has 0 aliphatic heterocycles. The van der Waals surface area contributed by atoms with Gasteiger partial charge in [0.2, 0.25) is 6.33 Å². The molecule has 0 fully saturated rings. The van der Waals surface area contributed by atoms with Crippen LogP contribution in [0.15, 0.2) is 30.6 Å². The molecule has 2 aromatic rings. The Morgan fingerprint density at radius 3 is 2.58 bits per heavy atom. The van der Waals surface area contributed by atoms with Crippen LogP contribution in [0.2, 0.25) is 0 Å². The van der Waals surface area contributed by atoms with E-state index < -0.39 is 0 Å². The van der Waals surface area contributed by atoms with Crippen molar-refractivity contribution in [2.24, 2.45) is 5.92 Å². The van der Waals surface area contributed by atoms with Crippen molar-refractivity contribution in [2.45, 2.75) is 46.0 Å². The molecule has 0 saturated heterocycles. The van der Waals surface area contributed by atoms with Gasteiger partial charge in [-0.3, -0.25) is 0 Å². The lowest BCUT2D eigenvalue weighted by Crippen LogP contribution is -2.34. The number of para-hydroxylation sites is 2. The molecule has 1 aromatic heterocycles. The van der Waals surface area contributed by atoms with Crippen molar-refractivity contribution in [1.29, 1.82) is 0 Å². The zero-order valence-corrected chi connectivity index (χ0v) is 13.3. The van der Waals surface area contributed by atoms with Crippen molar-refractivity contribution < 1.29 is 4.57 Å². The summed E-state index contributed by atoms with van der Waals surface area (Å²) in [6, 6.07) is 8.72. The quantitative estimate of drug-likeness (QED) is 0.731. The molecular weight excluding hydrogens is 252 g/mol. The highest BCUT2D eigenvalue weighted by Crippen LogP contribution is 2.14. The summed E-state index contributed by atoms with van der Waals surface area (Å²) in [4.78, 5) is 0. The maximum atomic E-state index is 2.40. The fourth-order valence-corrected chi connectivity index (χ4v) is 3.12. The lowest BCUT2D eigenvalue weighted by Gasteiger charge is -2.02. The van der Waals surface area contributed by atoms with Crippen molar-refractivity contribution in [3.8, 4) is 0 Å². The first-order valence-electron chi connectivity index (χ1n) is 7.17. The molecule has 0 atom stereocenters. The molecule has 2 rings (SSSR count). The highest BCUT2D eigenvalue weighted by molar-refractivity contribution is 7.99. The largest absolute Gasteiger partial charge is 0.244 e. The summed E-state index contributed by atoms with van der Waals surface area (Å²) < 4.78 is 4.78. The molecule has 3 heteroatoms. The van der Waals surface area contributed by atoms with Gasteiger partial charge < -0.3 is 0 Å². The smallest absolute Gasteiger partial charge is 0.230 e. The first-order valence-corrected chi connectivity index (χ1v) is 8.21. The summed E-state index contributed by atoms with van der Waals surface area (Å²) in [5.41, 5.74) is 2.71. The predicted molar refractivity (Wildman–Crippen MR) is 84.6 cm³/mol. The lowest BCUT2D eigenvalue weighted by atomic mass is 10.2. The van der Waals surface area contributed by atoms with E-state index in [2.05, 4.69) is 67.4 Å². The van der Waals surface area contributed by atoms with E-state index in [4.69, 9.17) is 0 Å². The van der Waals surface area contributed by atoms with Crippen LogP contribution in [0, 0.1) is 5.92 Å². The highest BCUT2D eigenvalue weighted by Gasteiger charge is 2.15. The van der Waals surface area contributed by atoms with Crippen molar-refractivity contribution in [3.63, 3.8) is 0 Å². The molecular formula is C16H25N2S+. The Hall–Kier alpha value is -0.960. The van der Waals surface area contributed by atoms with Gasteiger partial charge in [-0.05, 0) is 23.3 Å². The molecule has 19 heavy (non-hydrogen) atoms. The van der Waals surface area contributed by atoms with Crippen LogP contribution in [-0.4, -0.2) is 15.6 Å². The van der Waals surface area contributed by atoms with E-state index in [9.17, 15) is 0 Å². The Morgan fingerprint density at radius 1 is 1.16 bits per heavy atom. The molecule has 1 aromatic carbocycles. The number of hydrogen-bond acceptors (Lipinski definition) is 1. The van der Waals surface area contributed by atoms with Gasteiger partial charge in [0.25, 0.3) is 0 Å². The zero-order chi connectivity index (χ0) is 13.8. The number of thioether (sulfide) groups is 1. The Kier molecular flexibility index (Phi) is 4.92. The SMILES string of the molecule is CC(C)C[n+]1cn(CCSC(C)C)c2ccccc21. The molecule has 104 valence electrons. The van der Waals surface area contributed by atoms with Gasteiger partial charge in [-0.1, -0.05) is 39.8 Å². The minimum Gasteiger partial charge on any atom is -0.230 e. The van der Waals surface area contributed by atoms with Gasteiger partial charge in [0.1, 0.15) is 0 Å². The van der Waals surface area contributed by atoms with Crippen LogP contribution in [0.3, 0.4) is 0 Å². The van der Waals surface area contributed by atoms with Gasteiger partial charge in [-0.2, -0.15) is 11.8 Å². The monoisotopic (exact) mass is 277 g/mol. The van der Waals surface area contributed by atoms with E-state index in [0.717, 1.165) is 13.1 Å². The van der Waals surface area contributed by atoms with E-state index >= 15 is 0 Å². The van der Waals surface area contributed by atoms with Crippen molar-refractivity contribution in [1.82, 2.24) is 4.57 Å². The average molecular weight is 277 g/mol. The molecule has 0 radical (unpaired) electrons. The van der Waals surface area contributed by atoms with Gasteiger partial charge in [-0.25, -0.2) is 9.13 Å². The standard InChI is InChI=1S/C16H25N2S/c1-13(2)11-18-12-17(9-10-19-14(3)4)15-7-5-6-8-16(15)18/h5-8,12-14H,9-11H2,1-4H3/q+1. The van der Waals surface area contributed by atoms with Crippen LogP contribution < -0.4 is 4.57 Å². The van der Waals surface area contributed by atoms with Gasteiger partial charge in [0.05, 0.1) is 13.1 Å². The van der Waals surface area contributed by atoms with Crippen molar-refractivity contribution in [3.05, 3.63) is 30.6 Å². The molecule has 0 amide bonds. The third-order valence-electron chi connectivity index (χ3n) is 3.12. The number of nitrogens with zero attached hydrogens (tertiary/aromatic N) is 2. The Morgan fingerprint density at radius 2 is 1.89 bits per heavy atom. The minimum atomic E-state index is 0.675. The number of aryl methyl sites for hydroxylation is 1. The van der Waals surface area contributed by atoms with Crippen LogP contribution in [-0.2, 0) is 13.1 Å². The van der Waals surface area contributed by atoms with Crippen LogP contribution in [0.1, 0.15) is 27.7 Å². The van der Waals surface area contributed by atoms with Crippen molar-refractivity contribution >= 4 is 22.8 Å². The second-order valence-corrected chi connectivity index (χ2v) is 7.45. The van der Waals surface area contributed by atoms with E-state index in [0.29, 0.717) is 11.2 Å². The van der Waals surface area contributed by atoms with Crippen molar-refractivity contribution in [2.75, 3.05) is 5.75 Å². The summed E-state index contributed by atoms with van der Waals surface area (Å²) in [6.45, 7) is 11.2. The summed E-state index contributed by atoms with van der Waals surface area (Å²) in [7, 11) is 0. The third-order valence-corrected chi connectivity index (χ3v) is 4.21. The first kappa shape index (κ1) is 14.4. The van der Waals surface area contributed by atoms with E-state index in [1.54, 1.807) is 0 Å². The molecule has 0 spiro atoms. The number of rotatable bonds is 6. The van der Waals surface area contributed by atoms with Gasteiger partial charge >= 0.3 is 0 Å². The average Bonchev–Trinajstić information content (AvgIpc) is 2.67. The van der Waals surface area contributed by atoms with Crippen LogP contribution in [0.25, 0.3) is 11.0 Å². The molecule has 0 N–H and O–H groups in total. The number of fused-ring (bicyclic) bond motifs is 1. The van der Waals surface area contributed by atoms with Crippen LogP contribution in [0.5, 0.6) is 0 Å². The Balaban J connectivity index is 2.23. The molecule has 0 aliphatic carbocycles. The summed E-state index contributed by atoms with van der Waals surface area (Å²) in [5, 5.41) is 0.713. The summed E-state index contributed by atoms with van der Waals surface area (Å²) in [6.07, 6.45) is 2.28. The Labute approximate surface area is 120 Å². The molecule has 2 nitrogen and oxygen atoms in total. The maximum absolute atomic E-state index is 2.40. The fraction of sp³-hybridized carbons (Fsp3) is 0.562. The number of hydrogen-bond donors (Lipinski definition) is 0. The zero-order valence-electron chi connectivity index (χ0n) is 12.5. The van der Waals surface area contributed by atoms with Gasteiger partial charge in [-0.15, -0.1) is 0 Å². The number of aromatic nitrogens is 2. The molecule has 1 heterocycles. The molecule has 0 bridgehead atoms. The highest BCUT2D eigenvalue weighted by atomic mass is 32.2. The topological polar surface area (TPSA) is 8.81 Å².